The van der Waals surface area contributed by atoms with E-state index >= 15 is 0 Å². The van der Waals surface area contributed by atoms with Crippen LogP contribution in [0.3, 0.4) is 0 Å². The van der Waals surface area contributed by atoms with Crippen molar-refractivity contribution in [2.24, 2.45) is 23.2 Å². The molecule has 1 heterocycles. The van der Waals surface area contributed by atoms with Crippen LogP contribution in [0, 0.1) is 37.0 Å². The molecule has 4 atom stereocenters. The summed E-state index contributed by atoms with van der Waals surface area (Å²) in [6.07, 6.45) is 5.23. The highest BCUT2D eigenvalue weighted by Gasteiger charge is 2.67. The molecule has 21 heavy (non-hydrogen) atoms. The highest BCUT2D eigenvalue weighted by Crippen LogP contribution is 2.61. The van der Waals surface area contributed by atoms with E-state index < -0.39 is 5.41 Å². The number of allylic oxidation sites excluding steroid dienone is 2. The highest BCUT2D eigenvalue weighted by atomic mass is 16.2. The summed E-state index contributed by atoms with van der Waals surface area (Å²) in [6.45, 7) is 5.96. The lowest BCUT2D eigenvalue weighted by Gasteiger charge is -2.28. The molecule has 0 unspecified atom stereocenters. The van der Waals surface area contributed by atoms with Gasteiger partial charge >= 0.3 is 0 Å². The summed E-state index contributed by atoms with van der Waals surface area (Å²) in [6, 6.07) is 5.89. The molecule has 2 bridgehead atoms. The SMILES string of the molecule is Cc1ccc(N2C(=O)[C@H]3[C@@H]4C=C[C@H](C4)[C@]3(C)C2=O)c(C)c1. The number of rotatable bonds is 1. The molecule has 1 aromatic rings. The van der Waals surface area contributed by atoms with Crippen molar-refractivity contribution in [1.29, 1.82) is 0 Å². The number of aryl methyl sites for hydroxylation is 2. The molecule has 108 valence electrons. The topological polar surface area (TPSA) is 37.4 Å². The fourth-order valence-electron chi connectivity index (χ4n) is 4.59. The van der Waals surface area contributed by atoms with Gasteiger partial charge in [0.15, 0.2) is 0 Å². The monoisotopic (exact) mass is 281 g/mol. The first-order valence-electron chi connectivity index (χ1n) is 7.58. The van der Waals surface area contributed by atoms with Gasteiger partial charge in [-0.15, -0.1) is 0 Å². The summed E-state index contributed by atoms with van der Waals surface area (Å²) in [5, 5.41) is 0. The van der Waals surface area contributed by atoms with Crippen molar-refractivity contribution in [2.45, 2.75) is 27.2 Å². The van der Waals surface area contributed by atoms with Gasteiger partial charge < -0.3 is 0 Å². The van der Waals surface area contributed by atoms with Crippen LogP contribution in [0.25, 0.3) is 0 Å². The third-order valence-corrected chi connectivity index (χ3v) is 5.70. The van der Waals surface area contributed by atoms with Gasteiger partial charge in [-0.3, -0.25) is 9.59 Å². The lowest BCUT2D eigenvalue weighted by Crippen LogP contribution is -2.37. The normalized spacial score (nSPS) is 36.7. The highest BCUT2D eigenvalue weighted by molar-refractivity contribution is 6.24. The Kier molecular flexibility index (Phi) is 2.35. The summed E-state index contributed by atoms with van der Waals surface area (Å²) in [7, 11) is 0. The maximum absolute atomic E-state index is 13.0. The van der Waals surface area contributed by atoms with E-state index in [0.717, 1.165) is 23.2 Å². The Bertz CT molecular complexity index is 705. The smallest absolute Gasteiger partial charge is 0.241 e. The summed E-state index contributed by atoms with van der Waals surface area (Å²) >= 11 is 0. The third-order valence-electron chi connectivity index (χ3n) is 5.70. The van der Waals surface area contributed by atoms with Crippen molar-refractivity contribution in [2.75, 3.05) is 4.90 Å². The van der Waals surface area contributed by atoms with E-state index in [9.17, 15) is 9.59 Å². The molecule has 0 N–H and O–H groups in total. The fourth-order valence-corrected chi connectivity index (χ4v) is 4.59. The Morgan fingerprint density at radius 2 is 1.95 bits per heavy atom. The molecule has 1 aliphatic heterocycles. The molecule has 2 aliphatic carbocycles. The summed E-state index contributed by atoms with van der Waals surface area (Å²) in [5.74, 6) is 0.278. The Balaban J connectivity index is 1.83. The van der Waals surface area contributed by atoms with Crippen LogP contribution >= 0.6 is 0 Å². The number of benzene rings is 1. The average molecular weight is 281 g/mol. The minimum absolute atomic E-state index is 0.00805. The largest absolute Gasteiger partial charge is 0.274 e. The summed E-state index contributed by atoms with van der Waals surface area (Å²) in [5.41, 5.74) is 2.35. The molecular formula is C18H19NO2. The second-order valence-corrected chi connectivity index (χ2v) is 6.92. The number of carbonyl (C=O) groups excluding carboxylic acids is 2. The van der Waals surface area contributed by atoms with Crippen molar-refractivity contribution in [3.8, 4) is 0 Å². The van der Waals surface area contributed by atoms with Crippen LogP contribution < -0.4 is 4.90 Å². The summed E-state index contributed by atoms with van der Waals surface area (Å²) < 4.78 is 0. The molecule has 1 aromatic carbocycles. The Labute approximate surface area is 124 Å². The van der Waals surface area contributed by atoms with Gasteiger partial charge in [0.2, 0.25) is 11.8 Å². The zero-order chi connectivity index (χ0) is 14.9. The number of anilines is 1. The molecule has 3 nitrogen and oxygen atoms in total. The fraction of sp³-hybridized carbons (Fsp3) is 0.444. The maximum Gasteiger partial charge on any atom is 0.241 e. The number of amides is 2. The molecule has 1 saturated heterocycles. The Morgan fingerprint density at radius 3 is 2.62 bits per heavy atom. The van der Waals surface area contributed by atoms with Crippen molar-refractivity contribution in [3.05, 3.63) is 41.5 Å². The number of nitrogens with zero attached hydrogens (tertiary/aromatic N) is 1. The van der Waals surface area contributed by atoms with Crippen LogP contribution in [0.1, 0.15) is 24.5 Å². The van der Waals surface area contributed by atoms with Gasteiger partial charge in [-0.05, 0) is 50.7 Å². The first-order chi connectivity index (χ1) is 9.94. The third kappa shape index (κ3) is 1.39. The maximum atomic E-state index is 13.0. The molecule has 0 radical (unpaired) electrons. The van der Waals surface area contributed by atoms with Gasteiger partial charge in [0.05, 0.1) is 17.0 Å². The van der Waals surface area contributed by atoms with Crippen LogP contribution in [0.2, 0.25) is 0 Å². The molecule has 1 saturated carbocycles. The van der Waals surface area contributed by atoms with Gasteiger partial charge in [0, 0.05) is 0 Å². The second-order valence-electron chi connectivity index (χ2n) is 6.92. The van der Waals surface area contributed by atoms with E-state index in [0.29, 0.717) is 0 Å². The molecule has 3 aliphatic rings. The average Bonchev–Trinajstić information content (AvgIpc) is 3.05. The van der Waals surface area contributed by atoms with Crippen molar-refractivity contribution >= 4 is 17.5 Å². The lowest BCUT2D eigenvalue weighted by atomic mass is 9.71. The molecule has 4 rings (SSSR count). The minimum Gasteiger partial charge on any atom is -0.274 e. The van der Waals surface area contributed by atoms with Crippen LogP contribution in [0.4, 0.5) is 5.69 Å². The predicted octanol–water partition coefficient (Wildman–Crippen LogP) is 3.01. The first kappa shape index (κ1) is 12.8. The van der Waals surface area contributed by atoms with Gasteiger partial charge in [0.25, 0.3) is 0 Å². The van der Waals surface area contributed by atoms with Gasteiger partial charge in [0.1, 0.15) is 0 Å². The van der Waals surface area contributed by atoms with Crippen molar-refractivity contribution in [1.82, 2.24) is 0 Å². The number of hydrogen-bond acceptors (Lipinski definition) is 2. The first-order valence-corrected chi connectivity index (χ1v) is 7.58. The summed E-state index contributed by atoms with van der Waals surface area (Å²) in [4.78, 5) is 27.4. The number of hydrogen-bond donors (Lipinski definition) is 0. The van der Waals surface area contributed by atoms with Gasteiger partial charge in [-0.2, -0.15) is 0 Å². The minimum atomic E-state index is -0.534. The number of imide groups is 1. The van der Waals surface area contributed by atoms with E-state index in [1.54, 1.807) is 0 Å². The van der Waals surface area contributed by atoms with Gasteiger partial charge in [-0.25, -0.2) is 4.90 Å². The number of carbonyl (C=O) groups is 2. The molecule has 3 heteroatoms. The molecular weight excluding hydrogens is 262 g/mol. The van der Waals surface area contributed by atoms with E-state index in [-0.39, 0.29) is 29.6 Å². The Morgan fingerprint density at radius 1 is 1.19 bits per heavy atom. The van der Waals surface area contributed by atoms with E-state index in [2.05, 4.69) is 12.2 Å². The van der Waals surface area contributed by atoms with Crippen molar-refractivity contribution in [3.63, 3.8) is 0 Å². The van der Waals surface area contributed by atoms with Crippen LogP contribution in [-0.4, -0.2) is 11.8 Å². The molecule has 2 fully saturated rings. The zero-order valence-electron chi connectivity index (χ0n) is 12.6. The lowest BCUT2D eigenvalue weighted by molar-refractivity contribution is -0.127. The predicted molar refractivity (Wildman–Crippen MR) is 80.7 cm³/mol. The zero-order valence-corrected chi connectivity index (χ0v) is 12.6. The van der Waals surface area contributed by atoms with Crippen LogP contribution in [0.15, 0.2) is 30.4 Å². The van der Waals surface area contributed by atoms with Crippen LogP contribution in [0.5, 0.6) is 0 Å². The van der Waals surface area contributed by atoms with E-state index in [4.69, 9.17) is 0 Å². The van der Waals surface area contributed by atoms with E-state index in [1.807, 2.05) is 39.0 Å². The van der Waals surface area contributed by atoms with Crippen molar-refractivity contribution < 1.29 is 9.59 Å². The van der Waals surface area contributed by atoms with Crippen LogP contribution in [-0.2, 0) is 9.59 Å². The number of fused-ring (bicyclic) bond motifs is 5. The quantitative estimate of drug-likeness (QED) is 0.586. The van der Waals surface area contributed by atoms with Gasteiger partial charge in [-0.1, -0.05) is 29.8 Å². The van der Waals surface area contributed by atoms with E-state index in [1.165, 1.54) is 4.90 Å². The second kappa shape index (κ2) is 3.85. The molecule has 0 aromatic heterocycles. The standard InChI is InChI=1S/C18H19NO2/c1-10-4-7-14(11(2)8-10)19-16(20)15-12-5-6-13(9-12)18(15,3)17(19)21/h4-8,12-13,15H,9H2,1-3H3/t12-,13-,15-,18+/m1/s1. The Hall–Kier alpha value is -1.90. The molecule has 2 amide bonds. The molecule has 0 spiro atoms.